The Bertz CT molecular complexity index is 336. The summed E-state index contributed by atoms with van der Waals surface area (Å²) in [4.78, 5) is 0. The van der Waals surface area contributed by atoms with Crippen molar-refractivity contribution in [2.45, 2.75) is 12.8 Å². The number of rotatable bonds is 3. The van der Waals surface area contributed by atoms with Crippen LogP contribution >= 0.6 is 24.8 Å². The van der Waals surface area contributed by atoms with Crippen LogP contribution < -0.4 is 0 Å². The summed E-state index contributed by atoms with van der Waals surface area (Å²) in [6, 6.07) is 21.2. The minimum Gasteiger partial charge on any atom is -0.0622 e. The number of benzene rings is 2. The molecule has 17 heavy (non-hydrogen) atoms. The maximum atomic E-state index is 2.18. The van der Waals surface area contributed by atoms with E-state index in [1.807, 2.05) is 0 Å². The number of halogens is 2. The van der Waals surface area contributed by atoms with Gasteiger partial charge in [0.15, 0.2) is 0 Å². The van der Waals surface area contributed by atoms with Gasteiger partial charge in [0.2, 0.25) is 0 Å². The Labute approximate surface area is 127 Å². The predicted octanol–water partition coefficient (Wildman–Crippen LogP) is 2.86. The van der Waals surface area contributed by atoms with E-state index in [2.05, 4.69) is 60.7 Å². The normalized spacial score (nSPS) is 8.24. The fourth-order valence-electron chi connectivity index (χ4n) is 1.58. The van der Waals surface area contributed by atoms with Crippen LogP contribution in [0.3, 0.4) is 0 Å². The monoisotopic (exact) mass is 332 g/mol. The van der Waals surface area contributed by atoms with Crippen molar-refractivity contribution in [3.8, 4) is 0 Å². The molecule has 0 radical (unpaired) electrons. The van der Waals surface area contributed by atoms with Crippen LogP contribution in [0.1, 0.15) is 11.1 Å². The number of hydrogen-bond donors (Lipinski definition) is 0. The van der Waals surface area contributed by atoms with Crippen LogP contribution in [-0.4, -0.2) is 17.6 Å². The summed E-state index contributed by atoms with van der Waals surface area (Å²) in [5.74, 6) is 0. The molecule has 2 aromatic carbocycles. The van der Waals surface area contributed by atoms with E-state index < -0.39 is 0 Å². The van der Waals surface area contributed by atoms with Gasteiger partial charge >= 0.3 is 17.6 Å². The summed E-state index contributed by atoms with van der Waals surface area (Å²) < 4.78 is 0. The molecule has 0 saturated carbocycles. The van der Waals surface area contributed by atoms with E-state index in [1.165, 1.54) is 11.1 Å². The summed E-state index contributed by atoms with van der Waals surface area (Å²) in [7, 11) is 0. The molecule has 0 amide bonds. The van der Waals surface area contributed by atoms with Gasteiger partial charge in [-0.3, -0.25) is 0 Å². The van der Waals surface area contributed by atoms with E-state index in [0.29, 0.717) is 0 Å². The smallest absolute Gasteiger partial charge is 0.0238 e. The molecule has 0 bridgehead atoms. The van der Waals surface area contributed by atoms with E-state index in [0.717, 1.165) is 12.8 Å². The molecular weight excluding hydrogens is 312 g/mol. The van der Waals surface area contributed by atoms with Gasteiger partial charge in [-0.1, -0.05) is 60.7 Å². The van der Waals surface area contributed by atoms with Gasteiger partial charge in [-0.2, -0.15) is 0 Å². The van der Waals surface area contributed by atoms with Crippen LogP contribution in [0, 0.1) is 0 Å². The van der Waals surface area contributed by atoms with Gasteiger partial charge < -0.3 is 0 Å². The minimum absolute atomic E-state index is 0. The van der Waals surface area contributed by atoms with E-state index >= 15 is 0 Å². The summed E-state index contributed by atoms with van der Waals surface area (Å²) in [5.41, 5.74) is 2.83. The average Bonchev–Trinajstić information content (AvgIpc) is 2.29. The third kappa shape index (κ3) is 6.77. The van der Waals surface area contributed by atoms with Gasteiger partial charge in [0.05, 0.1) is 0 Å². The Balaban J connectivity index is 0. The fraction of sp³-hybridized carbons (Fsp3) is 0.143. The van der Waals surface area contributed by atoms with Crippen molar-refractivity contribution in [1.82, 2.24) is 0 Å². The molecule has 0 atom stereocenters. The Hall–Kier alpha value is -0.437. The maximum Gasteiger partial charge on any atom is -0.0238 e. The van der Waals surface area contributed by atoms with Crippen molar-refractivity contribution >= 4 is 42.4 Å². The summed E-state index contributed by atoms with van der Waals surface area (Å²) >= 11 is 0. The van der Waals surface area contributed by atoms with Crippen LogP contribution in [0.25, 0.3) is 0 Å². The molecule has 3 heteroatoms. The Kier molecular flexibility index (Phi) is 11.9. The molecule has 0 saturated heterocycles. The largest absolute Gasteiger partial charge is 0.0622 e. The Morgan fingerprint density at radius 2 is 0.824 bits per heavy atom. The molecule has 0 aromatic heterocycles. The van der Waals surface area contributed by atoms with Crippen molar-refractivity contribution in [3.05, 3.63) is 71.8 Å². The van der Waals surface area contributed by atoms with E-state index in [-0.39, 0.29) is 42.4 Å². The minimum atomic E-state index is 0. The molecule has 0 spiro atoms. The molecule has 0 aliphatic carbocycles. The molecule has 94 valence electrons. The third-order valence-electron chi connectivity index (χ3n) is 2.39. The fourth-order valence-corrected chi connectivity index (χ4v) is 1.58. The second-order valence-electron chi connectivity index (χ2n) is 3.47. The summed E-state index contributed by atoms with van der Waals surface area (Å²) in [6.07, 6.45) is 2.26. The zero-order valence-electron chi connectivity index (χ0n) is 9.00. The van der Waals surface area contributed by atoms with Crippen molar-refractivity contribution in [2.24, 2.45) is 0 Å². The maximum absolute atomic E-state index is 2.18. The SMILES string of the molecule is Cl.Cl.[GeH4].c1ccc(CCc2ccccc2)cc1. The van der Waals surface area contributed by atoms with Gasteiger partial charge in [-0.15, -0.1) is 24.8 Å². The van der Waals surface area contributed by atoms with Crippen LogP contribution in [0.5, 0.6) is 0 Å². The van der Waals surface area contributed by atoms with Gasteiger partial charge in [-0.25, -0.2) is 0 Å². The molecular formula is C14H20Cl2Ge. The zero-order valence-corrected chi connectivity index (χ0v) is 10.6. The van der Waals surface area contributed by atoms with Crippen LogP contribution in [0.4, 0.5) is 0 Å². The van der Waals surface area contributed by atoms with Crippen LogP contribution in [0.15, 0.2) is 60.7 Å². The quantitative estimate of drug-likeness (QED) is 0.759. The number of aryl methyl sites for hydroxylation is 2. The average molecular weight is 332 g/mol. The van der Waals surface area contributed by atoms with E-state index in [4.69, 9.17) is 0 Å². The molecule has 0 N–H and O–H groups in total. The molecule has 2 rings (SSSR count). The Morgan fingerprint density at radius 3 is 1.12 bits per heavy atom. The summed E-state index contributed by atoms with van der Waals surface area (Å²) in [5, 5.41) is 0. The van der Waals surface area contributed by atoms with Crippen molar-refractivity contribution in [1.29, 1.82) is 0 Å². The predicted molar refractivity (Wildman–Crippen MR) is 86.1 cm³/mol. The first kappa shape index (κ1) is 18.9. The zero-order chi connectivity index (χ0) is 9.64. The van der Waals surface area contributed by atoms with Gasteiger partial charge in [0, 0.05) is 0 Å². The third-order valence-corrected chi connectivity index (χ3v) is 2.39. The van der Waals surface area contributed by atoms with E-state index in [9.17, 15) is 0 Å². The van der Waals surface area contributed by atoms with E-state index in [1.54, 1.807) is 0 Å². The molecule has 0 unspecified atom stereocenters. The van der Waals surface area contributed by atoms with Crippen molar-refractivity contribution in [3.63, 3.8) is 0 Å². The van der Waals surface area contributed by atoms with Gasteiger partial charge in [-0.05, 0) is 24.0 Å². The van der Waals surface area contributed by atoms with Crippen molar-refractivity contribution in [2.75, 3.05) is 0 Å². The first-order chi connectivity index (χ1) is 6.95. The molecule has 0 aliphatic rings. The molecule has 0 aliphatic heterocycles. The molecule has 2 aromatic rings. The second-order valence-corrected chi connectivity index (χ2v) is 3.47. The summed E-state index contributed by atoms with van der Waals surface area (Å²) in [6.45, 7) is 0. The standard InChI is InChI=1S/C14H14.2ClH.GeH4/c1-3-7-13(8-4-1)11-12-14-9-5-2-6-10-14;;;/h1-10H,11-12H2;2*1H;1H4. The second kappa shape index (κ2) is 10.7. The number of hydrogen-bond acceptors (Lipinski definition) is 0. The van der Waals surface area contributed by atoms with Crippen LogP contribution in [0.2, 0.25) is 0 Å². The van der Waals surface area contributed by atoms with Crippen LogP contribution in [-0.2, 0) is 12.8 Å². The molecule has 0 heterocycles. The first-order valence-electron chi connectivity index (χ1n) is 5.03. The van der Waals surface area contributed by atoms with Gasteiger partial charge in [0.1, 0.15) is 0 Å². The van der Waals surface area contributed by atoms with Crippen molar-refractivity contribution < 1.29 is 0 Å². The molecule has 0 fully saturated rings. The topological polar surface area (TPSA) is 0 Å². The van der Waals surface area contributed by atoms with Gasteiger partial charge in [0.25, 0.3) is 0 Å². The first-order valence-corrected chi connectivity index (χ1v) is 5.03. The molecule has 0 nitrogen and oxygen atoms in total. The Morgan fingerprint density at radius 1 is 0.529 bits per heavy atom.